The second-order valence-corrected chi connectivity index (χ2v) is 5.33. The Morgan fingerprint density at radius 3 is 3.06 bits per heavy atom. The van der Waals surface area contributed by atoms with E-state index in [0.717, 1.165) is 20.8 Å². The molecule has 1 aliphatic heterocycles. The number of amides is 1. The predicted octanol–water partition coefficient (Wildman–Crippen LogP) is 2.23. The van der Waals surface area contributed by atoms with Gasteiger partial charge in [-0.3, -0.25) is 0 Å². The summed E-state index contributed by atoms with van der Waals surface area (Å²) >= 11 is 5.08. The number of nitrogens with two attached hydrogens (primary N) is 1. The van der Waals surface area contributed by atoms with Crippen LogP contribution in [0.5, 0.6) is 0 Å². The molecule has 1 aromatic carbocycles. The highest BCUT2D eigenvalue weighted by Crippen LogP contribution is 2.30. The van der Waals surface area contributed by atoms with Gasteiger partial charge in [-0.2, -0.15) is 0 Å². The van der Waals surface area contributed by atoms with Gasteiger partial charge in [0.2, 0.25) is 0 Å². The van der Waals surface area contributed by atoms with Crippen molar-refractivity contribution in [3.8, 4) is 0 Å². The first-order valence-corrected chi connectivity index (χ1v) is 6.55. The van der Waals surface area contributed by atoms with Crippen molar-refractivity contribution in [2.24, 2.45) is 0 Å². The predicted molar refractivity (Wildman–Crippen MR) is 67.6 cm³/mol. The molecule has 0 radical (unpaired) electrons. The Bertz CT molecular complexity index is 414. The van der Waals surface area contributed by atoms with Crippen molar-refractivity contribution < 1.29 is 9.53 Å². The Kier molecular flexibility index (Phi) is 3.60. The van der Waals surface area contributed by atoms with Gasteiger partial charge in [0.05, 0.1) is 6.54 Å². The van der Waals surface area contributed by atoms with Crippen LogP contribution in [0.1, 0.15) is 0 Å². The number of benzene rings is 1. The molecule has 0 aliphatic carbocycles. The zero-order valence-electron chi connectivity index (χ0n) is 8.40. The maximum absolute atomic E-state index is 10.8. The molecule has 1 aromatic rings. The van der Waals surface area contributed by atoms with Crippen molar-refractivity contribution in [3.05, 3.63) is 22.7 Å². The third kappa shape index (κ3) is 2.82. The number of hydrogen-bond acceptors (Lipinski definition) is 4. The van der Waals surface area contributed by atoms with E-state index in [1.807, 2.05) is 18.2 Å². The molecule has 0 bridgehead atoms. The van der Waals surface area contributed by atoms with Crippen LogP contribution in [0.2, 0.25) is 0 Å². The fourth-order valence-corrected chi connectivity index (χ4v) is 2.99. The summed E-state index contributed by atoms with van der Waals surface area (Å²) in [5.74, 6) is 0.737. The molecular formula is C10H11BrN2O2S. The molecule has 1 fully saturated rings. The smallest absolute Gasteiger partial charge is 0.407 e. The second kappa shape index (κ2) is 4.97. The molecule has 6 heteroatoms. The van der Waals surface area contributed by atoms with Gasteiger partial charge in [-0.05, 0) is 34.1 Å². The van der Waals surface area contributed by atoms with Crippen molar-refractivity contribution in [1.29, 1.82) is 0 Å². The third-order valence-electron chi connectivity index (χ3n) is 2.13. The van der Waals surface area contributed by atoms with Crippen molar-refractivity contribution in [2.75, 3.05) is 18.0 Å². The normalized spacial score (nSPS) is 19.3. The summed E-state index contributed by atoms with van der Waals surface area (Å²) in [6.45, 7) is 0.582. The molecule has 0 spiro atoms. The molecule has 2 rings (SSSR count). The minimum atomic E-state index is -0.332. The van der Waals surface area contributed by atoms with Crippen LogP contribution < -0.4 is 11.1 Å². The molecule has 4 nitrogen and oxygen atoms in total. The molecule has 86 valence electrons. The van der Waals surface area contributed by atoms with Crippen LogP contribution in [-0.2, 0) is 4.74 Å². The molecule has 16 heavy (non-hydrogen) atoms. The van der Waals surface area contributed by atoms with Crippen LogP contribution >= 0.6 is 27.7 Å². The summed E-state index contributed by atoms with van der Waals surface area (Å²) in [6, 6.07) is 5.67. The van der Waals surface area contributed by atoms with Crippen molar-refractivity contribution in [2.45, 2.75) is 11.0 Å². The highest BCUT2D eigenvalue weighted by Gasteiger charge is 2.22. The average Bonchev–Trinajstić information content (AvgIpc) is 2.63. The van der Waals surface area contributed by atoms with Crippen molar-refractivity contribution >= 4 is 39.5 Å². The maximum atomic E-state index is 10.8. The molecule has 1 unspecified atom stereocenters. The van der Waals surface area contributed by atoms with Gasteiger partial charge in [0.1, 0.15) is 6.10 Å². The molecule has 3 N–H and O–H groups in total. The van der Waals surface area contributed by atoms with E-state index in [4.69, 9.17) is 10.5 Å². The number of hydrogen-bond donors (Lipinski definition) is 2. The van der Waals surface area contributed by atoms with E-state index < -0.39 is 0 Å². The van der Waals surface area contributed by atoms with Crippen molar-refractivity contribution in [3.63, 3.8) is 0 Å². The lowest BCUT2D eigenvalue weighted by Gasteiger charge is -2.08. The molecule has 1 heterocycles. The summed E-state index contributed by atoms with van der Waals surface area (Å²) in [7, 11) is 0. The Balaban J connectivity index is 1.92. The zero-order valence-corrected chi connectivity index (χ0v) is 10.8. The van der Waals surface area contributed by atoms with Gasteiger partial charge in [0.15, 0.2) is 0 Å². The van der Waals surface area contributed by atoms with Gasteiger partial charge < -0.3 is 15.8 Å². The lowest BCUT2D eigenvalue weighted by molar-refractivity contribution is 0.150. The van der Waals surface area contributed by atoms with E-state index in [2.05, 4.69) is 21.2 Å². The topological polar surface area (TPSA) is 64.3 Å². The molecule has 1 amide bonds. The monoisotopic (exact) mass is 302 g/mol. The van der Waals surface area contributed by atoms with Gasteiger partial charge in [0.25, 0.3) is 0 Å². The minimum Gasteiger partial charge on any atom is -0.443 e. The van der Waals surface area contributed by atoms with Gasteiger partial charge >= 0.3 is 6.09 Å². The first-order valence-electron chi connectivity index (χ1n) is 4.77. The molecule has 0 aromatic heterocycles. The lowest BCUT2D eigenvalue weighted by atomic mass is 10.3. The number of anilines is 1. The number of cyclic esters (lactones) is 1. The number of carbonyl (C=O) groups is 1. The number of alkyl carbamates (subject to hydrolysis) is 1. The van der Waals surface area contributed by atoms with E-state index in [1.165, 1.54) is 0 Å². The van der Waals surface area contributed by atoms with E-state index in [9.17, 15) is 4.79 Å². The molecule has 1 aliphatic rings. The molecule has 1 saturated heterocycles. The number of nitrogen functional groups attached to an aromatic ring is 1. The van der Waals surface area contributed by atoms with E-state index in [0.29, 0.717) is 6.54 Å². The maximum Gasteiger partial charge on any atom is 0.407 e. The van der Waals surface area contributed by atoms with E-state index in [-0.39, 0.29) is 12.2 Å². The summed E-state index contributed by atoms with van der Waals surface area (Å²) in [4.78, 5) is 11.9. The lowest BCUT2D eigenvalue weighted by Crippen LogP contribution is -2.16. The summed E-state index contributed by atoms with van der Waals surface area (Å²) in [5.41, 5.74) is 6.37. The number of ether oxygens (including phenoxy) is 1. The number of nitrogens with one attached hydrogen (secondary N) is 1. The standard InChI is InChI=1S/C10H11BrN2O2S/c11-8-3-6(12)1-2-9(8)16-5-7-4-13-10(14)15-7/h1-3,7H,4-5,12H2,(H,13,14). The fraction of sp³-hybridized carbons (Fsp3) is 0.300. The summed E-state index contributed by atoms with van der Waals surface area (Å²) < 4.78 is 6.00. The largest absolute Gasteiger partial charge is 0.443 e. The number of thioether (sulfide) groups is 1. The Morgan fingerprint density at radius 1 is 1.62 bits per heavy atom. The van der Waals surface area contributed by atoms with Crippen LogP contribution in [-0.4, -0.2) is 24.5 Å². The number of rotatable bonds is 3. The highest BCUT2D eigenvalue weighted by atomic mass is 79.9. The number of carbonyl (C=O) groups excluding carboxylic acids is 1. The van der Waals surface area contributed by atoms with Gasteiger partial charge in [0, 0.05) is 20.8 Å². The average molecular weight is 303 g/mol. The Labute approximate surface area is 106 Å². The molecule has 0 saturated carbocycles. The second-order valence-electron chi connectivity index (χ2n) is 3.41. The molecule has 1 atom stereocenters. The van der Waals surface area contributed by atoms with Crippen molar-refractivity contribution in [1.82, 2.24) is 5.32 Å². The fourth-order valence-electron chi connectivity index (χ4n) is 1.34. The van der Waals surface area contributed by atoms with E-state index in [1.54, 1.807) is 11.8 Å². The quantitative estimate of drug-likeness (QED) is 0.664. The van der Waals surface area contributed by atoms with Gasteiger partial charge in [-0.1, -0.05) is 0 Å². The zero-order chi connectivity index (χ0) is 11.5. The first-order chi connectivity index (χ1) is 7.65. The summed E-state index contributed by atoms with van der Waals surface area (Å²) in [5, 5.41) is 2.62. The SMILES string of the molecule is Nc1ccc(SCC2CNC(=O)O2)c(Br)c1. The Morgan fingerprint density at radius 2 is 2.44 bits per heavy atom. The minimum absolute atomic E-state index is 0.0537. The van der Waals surface area contributed by atoms with Gasteiger partial charge in [-0.25, -0.2) is 4.79 Å². The highest BCUT2D eigenvalue weighted by molar-refractivity contribution is 9.10. The number of halogens is 1. The van der Waals surface area contributed by atoms with Crippen LogP contribution in [0.15, 0.2) is 27.6 Å². The van der Waals surface area contributed by atoms with E-state index >= 15 is 0 Å². The van der Waals surface area contributed by atoms with Gasteiger partial charge in [-0.15, -0.1) is 11.8 Å². The molecular weight excluding hydrogens is 292 g/mol. The first kappa shape index (κ1) is 11.6. The summed E-state index contributed by atoms with van der Waals surface area (Å²) in [6.07, 6.45) is -0.385. The van der Waals surface area contributed by atoms with Crippen LogP contribution in [0.3, 0.4) is 0 Å². The van der Waals surface area contributed by atoms with Crippen LogP contribution in [0.25, 0.3) is 0 Å². The van der Waals surface area contributed by atoms with Crippen LogP contribution in [0, 0.1) is 0 Å². The van der Waals surface area contributed by atoms with Crippen LogP contribution in [0.4, 0.5) is 10.5 Å². The Hall–Kier alpha value is -0.880. The third-order valence-corrected chi connectivity index (χ3v) is 4.25.